The van der Waals surface area contributed by atoms with E-state index in [-0.39, 0.29) is 0 Å². The van der Waals surface area contributed by atoms with Crippen molar-refractivity contribution in [1.29, 1.82) is 0 Å². The maximum atomic E-state index is 10.5. The first kappa shape index (κ1) is 8.75. The Labute approximate surface area is 72.4 Å². The van der Waals surface area contributed by atoms with E-state index in [0.717, 1.165) is 0 Å². The molecular weight excluding hydrogens is 263 g/mol. The minimum absolute atomic E-state index is 0.991. The monoisotopic (exact) mass is 268 g/mol. The zero-order chi connectivity index (χ0) is 8.43. The van der Waals surface area contributed by atoms with E-state index in [1.807, 2.05) is 0 Å². The summed E-state index contributed by atoms with van der Waals surface area (Å²) in [4.78, 5) is 21.1. The van der Waals surface area contributed by atoms with Crippen molar-refractivity contribution in [3.8, 4) is 0 Å². The molecule has 7 heteroatoms. The van der Waals surface area contributed by atoms with Crippen LogP contribution in [0.2, 0.25) is 0 Å². The predicted octanol–water partition coefficient (Wildman–Crippen LogP) is -2.66. The van der Waals surface area contributed by atoms with Crippen molar-refractivity contribution < 1.29 is 26.0 Å². The van der Waals surface area contributed by atoms with E-state index in [4.69, 9.17) is 10.2 Å². The molecule has 1 rings (SSSR count). The maximum absolute atomic E-state index is 10.5. The topological polar surface area (TPSA) is 93.1 Å². The Morgan fingerprint density at radius 2 is 1.45 bits per heavy atom. The molecule has 6 nitrogen and oxygen atoms in total. The van der Waals surface area contributed by atoms with Gasteiger partial charge in [0.05, 0.1) is 0 Å². The average molecular weight is 267 g/mol. The number of rotatable bonds is 0. The summed E-state index contributed by atoms with van der Waals surface area (Å²) in [5.74, 6) is -1.98. The molecule has 2 radical (unpaired) electrons. The predicted molar refractivity (Wildman–Crippen MR) is 30.0 cm³/mol. The first-order chi connectivity index (χ1) is 5.13. The molecule has 1 heterocycles. The van der Waals surface area contributed by atoms with E-state index in [1.54, 1.807) is 0 Å². The molecule has 0 aromatic carbocycles. The van der Waals surface area contributed by atoms with E-state index in [0.29, 0.717) is 0 Å². The van der Waals surface area contributed by atoms with Gasteiger partial charge in [-0.15, -0.1) is 0 Å². The summed E-state index contributed by atoms with van der Waals surface area (Å²) in [5, 5.41) is 17.6. The van der Waals surface area contributed by atoms with Crippen LogP contribution in [-0.2, 0) is 15.7 Å². The number of carbonyl (C=O) groups is 2. The van der Waals surface area contributed by atoms with Crippen LogP contribution >= 0.6 is 0 Å². The molecule has 0 aromatic rings. The fourth-order valence-electron chi connectivity index (χ4n) is 0.482. The molecule has 0 bridgehead atoms. The van der Waals surface area contributed by atoms with Gasteiger partial charge in [0, 0.05) is 0 Å². The third-order valence-electron chi connectivity index (χ3n) is 1.07. The first-order valence-corrected chi connectivity index (χ1v) is 4.98. The van der Waals surface area contributed by atoms with Crippen LogP contribution in [0.25, 0.3) is 0 Å². The third kappa shape index (κ3) is 1.82. The second kappa shape index (κ2) is 3.37. The quantitative estimate of drug-likeness (QED) is 0.465. The van der Waals surface area contributed by atoms with Gasteiger partial charge in [0.25, 0.3) is 0 Å². The molecule has 2 atom stereocenters. The van der Waals surface area contributed by atoms with Gasteiger partial charge in [-0.05, 0) is 0 Å². The zero-order valence-corrected chi connectivity index (χ0v) is 8.04. The minimum atomic E-state index is -1.96. The Kier molecular flexibility index (Phi) is 2.68. The Morgan fingerprint density at radius 3 is 1.82 bits per heavy atom. The molecule has 60 valence electrons. The number of carbonyl (C=O) groups excluding carboxylic acids is 2. The number of hydrogen-bond donors (Lipinski definition) is 2. The SMILES string of the molecule is O=C1[O][Sn][O]C(=O)[C@H](O)[C@@H]1O. The van der Waals surface area contributed by atoms with E-state index in [2.05, 4.69) is 6.15 Å². The van der Waals surface area contributed by atoms with Crippen molar-refractivity contribution in [2.24, 2.45) is 0 Å². The van der Waals surface area contributed by atoms with E-state index >= 15 is 0 Å². The molecule has 0 spiro atoms. The molecular formula is C4H4O6Sn. The van der Waals surface area contributed by atoms with Crippen molar-refractivity contribution in [2.75, 3.05) is 0 Å². The molecule has 11 heavy (non-hydrogen) atoms. The first-order valence-electron chi connectivity index (χ1n) is 2.65. The Bertz CT molecular complexity index is 171. The Morgan fingerprint density at radius 1 is 1.09 bits per heavy atom. The standard InChI is InChI=1S/C4H6O6.Sn/c5-1(3(7)8)2(6)4(9)10;/h1-2,5-6H,(H,7,8)(H,9,10);/q;+2/p-2/t1-,2+;. The summed E-state index contributed by atoms with van der Waals surface area (Å²) in [6, 6.07) is 0. The van der Waals surface area contributed by atoms with Crippen LogP contribution in [0.4, 0.5) is 0 Å². The van der Waals surface area contributed by atoms with E-state index in [1.165, 1.54) is 0 Å². The zero-order valence-electron chi connectivity index (χ0n) is 5.18. The molecule has 1 saturated heterocycles. The van der Waals surface area contributed by atoms with Gasteiger partial charge in [0.1, 0.15) is 0 Å². The van der Waals surface area contributed by atoms with Crippen LogP contribution in [0, 0.1) is 0 Å². The molecule has 0 aromatic heterocycles. The second-order valence-electron chi connectivity index (χ2n) is 1.82. The Balaban J connectivity index is 2.73. The molecule has 1 aliphatic rings. The summed E-state index contributed by atoms with van der Waals surface area (Å²) < 4.78 is 8.67. The molecule has 0 saturated carbocycles. The van der Waals surface area contributed by atoms with Crippen LogP contribution in [0.1, 0.15) is 0 Å². The van der Waals surface area contributed by atoms with Crippen LogP contribution in [0.3, 0.4) is 0 Å². The molecule has 0 amide bonds. The van der Waals surface area contributed by atoms with Crippen LogP contribution in [0.15, 0.2) is 0 Å². The molecule has 0 unspecified atom stereocenters. The van der Waals surface area contributed by atoms with Gasteiger partial charge in [-0.25, -0.2) is 0 Å². The van der Waals surface area contributed by atoms with Gasteiger partial charge in [0.2, 0.25) is 0 Å². The summed E-state index contributed by atoms with van der Waals surface area (Å²) in [6.45, 7) is 0. The summed E-state index contributed by atoms with van der Waals surface area (Å²) in [7, 11) is 0. The van der Waals surface area contributed by atoms with E-state index < -0.39 is 46.1 Å². The van der Waals surface area contributed by atoms with Crippen molar-refractivity contribution in [3.63, 3.8) is 0 Å². The third-order valence-corrected chi connectivity index (χ3v) is 2.69. The fourth-order valence-corrected chi connectivity index (χ4v) is 1.76. The summed E-state index contributed by atoms with van der Waals surface area (Å²) in [6.07, 6.45) is -3.60. The molecule has 1 aliphatic heterocycles. The van der Waals surface area contributed by atoms with Gasteiger partial charge < -0.3 is 0 Å². The van der Waals surface area contributed by atoms with Crippen LogP contribution in [-0.4, -0.2) is 56.3 Å². The van der Waals surface area contributed by atoms with Gasteiger partial charge in [-0.3, -0.25) is 0 Å². The van der Waals surface area contributed by atoms with Crippen molar-refractivity contribution in [2.45, 2.75) is 12.2 Å². The van der Waals surface area contributed by atoms with Gasteiger partial charge in [-0.1, -0.05) is 0 Å². The molecule has 2 N–H and O–H groups in total. The van der Waals surface area contributed by atoms with Gasteiger partial charge in [0.15, 0.2) is 0 Å². The van der Waals surface area contributed by atoms with Gasteiger partial charge in [-0.2, -0.15) is 0 Å². The Hall–Kier alpha value is -0.341. The van der Waals surface area contributed by atoms with Gasteiger partial charge >= 0.3 is 72.1 Å². The molecule has 0 aliphatic carbocycles. The average Bonchev–Trinajstić information content (AvgIpc) is 2.07. The van der Waals surface area contributed by atoms with E-state index in [9.17, 15) is 9.59 Å². The summed E-state index contributed by atoms with van der Waals surface area (Å²) >= 11 is -1.96. The fraction of sp³-hybridized carbons (Fsp3) is 0.500. The number of aliphatic hydroxyl groups excluding tert-OH is 2. The van der Waals surface area contributed by atoms with Crippen molar-refractivity contribution >= 4 is 33.9 Å². The summed E-state index contributed by atoms with van der Waals surface area (Å²) in [5.41, 5.74) is 0. The van der Waals surface area contributed by atoms with Crippen molar-refractivity contribution in [3.05, 3.63) is 0 Å². The molecule has 1 fully saturated rings. The number of hydrogen-bond acceptors (Lipinski definition) is 6. The second-order valence-corrected chi connectivity index (χ2v) is 3.46. The normalized spacial score (nSPS) is 32.2. The van der Waals surface area contributed by atoms with Crippen LogP contribution in [0.5, 0.6) is 0 Å². The van der Waals surface area contributed by atoms with Crippen molar-refractivity contribution in [1.82, 2.24) is 0 Å². The van der Waals surface area contributed by atoms with Crippen LogP contribution < -0.4 is 0 Å². The number of aliphatic hydroxyl groups is 2.